The van der Waals surface area contributed by atoms with E-state index in [1.54, 1.807) is 6.20 Å². The first-order valence-corrected chi connectivity index (χ1v) is 9.60. The first-order valence-electron chi connectivity index (χ1n) is 9.60. The third-order valence-corrected chi connectivity index (χ3v) is 4.17. The number of aryl methyl sites for hydroxylation is 1. The predicted octanol–water partition coefficient (Wildman–Crippen LogP) is 4.76. The van der Waals surface area contributed by atoms with Crippen molar-refractivity contribution in [3.63, 3.8) is 0 Å². The Morgan fingerprint density at radius 3 is 2.38 bits per heavy atom. The molecule has 1 atom stereocenters. The molecule has 0 aromatic carbocycles. The molecule has 1 amide bonds. The Hall–Kier alpha value is -1.91. The van der Waals surface area contributed by atoms with Gasteiger partial charge in [-0.25, -0.2) is 4.98 Å². The van der Waals surface area contributed by atoms with E-state index in [4.69, 9.17) is 4.74 Å². The van der Waals surface area contributed by atoms with Crippen molar-refractivity contribution in [3.8, 4) is 0 Å². The van der Waals surface area contributed by atoms with Crippen LogP contribution < -0.4 is 5.32 Å². The highest BCUT2D eigenvalue weighted by atomic mass is 16.6. The minimum atomic E-state index is -0.423. The zero-order valence-corrected chi connectivity index (χ0v) is 17.1. The second-order valence-electron chi connectivity index (χ2n) is 8.09. The van der Waals surface area contributed by atoms with Crippen LogP contribution in [-0.4, -0.2) is 22.5 Å². The number of nitrogens with zero attached hydrogens (tertiary/aromatic N) is 1. The third kappa shape index (κ3) is 8.45. The summed E-state index contributed by atoms with van der Waals surface area (Å²) in [6.45, 7) is 11.8. The van der Waals surface area contributed by atoms with Crippen LogP contribution in [0.1, 0.15) is 72.8 Å². The number of unbranched alkanes of at least 4 members (excludes halogenated alkanes) is 1. The Labute approximate surface area is 157 Å². The molecule has 0 aliphatic heterocycles. The Morgan fingerprint density at radius 1 is 1.19 bits per heavy atom. The Morgan fingerprint density at radius 2 is 1.88 bits per heavy atom. The monoisotopic (exact) mass is 362 g/mol. The Balaban J connectivity index is 2.39. The predicted molar refractivity (Wildman–Crippen MR) is 105 cm³/mol. The molecule has 1 aromatic heterocycles. The van der Waals surface area contributed by atoms with Gasteiger partial charge in [-0.15, -0.1) is 0 Å². The van der Waals surface area contributed by atoms with Crippen LogP contribution in [-0.2, 0) is 20.7 Å². The molecule has 0 spiro atoms. The lowest BCUT2D eigenvalue weighted by atomic mass is 9.92. The van der Waals surface area contributed by atoms with Crippen molar-refractivity contribution in [2.75, 3.05) is 5.32 Å². The number of nitrogens with one attached hydrogen (secondary N) is 1. The van der Waals surface area contributed by atoms with Gasteiger partial charge in [0.25, 0.3) is 0 Å². The summed E-state index contributed by atoms with van der Waals surface area (Å²) in [4.78, 5) is 28.3. The first kappa shape index (κ1) is 22.1. The molecular weight excluding hydrogens is 328 g/mol. The van der Waals surface area contributed by atoms with Gasteiger partial charge >= 0.3 is 5.97 Å². The second kappa shape index (κ2) is 10.3. The quantitative estimate of drug-likeness (QED) is 0.508. The average molecular weight is 363 g/mol. The van der Waals surface area contributed by atoms with Gasteiger partial charge in [0, 0.05) is 18.5 Å². The normalized spacial score (nSPS) is 12.7. The average Bonchev–Trinajstić information content (AvgIpc) is 2.51. The van der Waals surface area contributed by atoms with Crippen molar-refractivity contribution in [1.82, 2.24) is 4.98 Å². The number of ether oxygens (including phenoxy) is 1. The lowest BCUT2D eigenvalue weighted by molar-refractivity contribution is -0.154. The summed E-state index contributed by atoms with van der Waals surface area (Å²) in [6.07, 6.45) is 5.59. The van der Waals surface area contributed by atoms with E-state index in [2.05, 4.69) is 24.1 Å². The molecule has 1 rings (SSSR count). The summed E-state index contributed by atoms with van der Waals surface area (Å²) in [5.41, 5.74) is 0.677. The summed E-state index contributed by atoms with van der Waals surface area (Å²) < 4.78 is 5.30. The molecule has 1 N–H and O–H groups in total. The van der Waals surface area contributed by atoms with Crippen molar-refractivity contribution in [1.29, 1.82) is 0 Å². The van der Waals surface area contributed by atoms with Gasteiger partial charge in [-0.2, -0.15) is 0 Å². The molecule has 0 saturated heterocycles. The minimum absolute atomic E-state index is 0.00401. The zero-order chi connectivity index (χ0) is 19.7. The number of anilines is 1. The molecule has 5 heteroatoms. The molecule has 0 aliphatic rings. The molecule has 1 unspecified atom stereocenters. The number of hydrogen-bond acceptors (Lipinski definition) is 4. The summed E-state index contributed by atoms with van der Waals surface area (Å²) in [5.74, 6) is 0.782. The lowest BCUT2D eigenvalue weighted by Crippen LogP contribution is -2.26. The molecule has 0 radical (unpaired) electrons. The molecule has 0 aliphatic carbocycles. The van der Waals surface area contributed by atoms with Crippen molar-refractivity contribution in [2.45, 2.75) is 79.2 Å². The number of hydrogen-bond donors (Lipinski definition) is 1. The van der Waals surface area contributed by atoms with Crippen LogP contribution in [0.3, 0.4) is 0 Å². The van der Waals surface area contributed by atoms with E-state index in [1.165, 1.54) is 0 Å². The van der Waals surface area contributed by atoms with Crippen molar-refractivity contribution < 1.29 is 14.3 Å². The van der Waals surface area contributed by atoms with Gasteiger partial charge in [0.15, 0.2) is 0 Å². The largest absolute Gasteiger partial charge is 0.460 e. The van der Waals surface area contributed by atoms with Gasteiger partial charge in [0.2, 0.25) is 5.91 Å². The van der Waals surface area contributed by atoms with Crippen LogP contribution >= 0.6 is 0 Å². The van der Waals surface area contributed by atoms with Gasteiger partial charge in [0.1, 0.15) is 11.4 Å². The lowest BCUT2D eigenvalue weighted by Gasteiger charge is -2.19. The van der Waals surface area contributed by atoms with E-state index in [1.807, 2.05) is 39.8 Å². The number of pyridine rings is 1. The van der Waals surface area contributed by atoms with Gasteiger partial charge in [-0.05, 0) is 64.0 Å². The number of aromatic nitrogens is 1. The van der Waals surface area contributed by atoms with Crippen LogP contribution in [0.5, 0.6) is 0 Å². The first-order chi connectivity index (χ1) is 12.1. The van der Waals surface area contributed by atoms with E-state index in [0.29, 0.717) is 18.2 Å². The van der Waals surface area contributed by atoms with Gasteiger partial charge in [-0.3, -0.25) is 9.59 Å². The Bertz CT molecular complexity index is 574. The van der Waals surface area contributed by atoms with Crippen LogP contribution in [0.25, 0.3) is 0 Å². The highest BCUT2D eigenvalue weighted by Crippen LogP contribution is 2.17. The van der Waals surface area contributed by atoms with Crippen LogP contribution in [0.2, 0.25) is 0 Å². The van der Waals surface area contributed by atoms with E-state index in [9.17, 15) is 9.59 Å². The topological polar surface area (TPSA) is 68.3 Å². The summed E-state index contributed by atoms with van der Waals surface area (Å²) >= 11 is 0. The standard InChI is InChI=1S/C21H34N2O3/c1-7-17(15(2)3)20(25)23-18-13-12-16(14-22-18)10-8-9-11-19(24)26-21(4,5)6/h12-15,17H,7-11H2,1-6H3,(H,22,23,25). The third-order valence-electron chi connectivity index (χ3n) is 4.17. The van der Waals surface area contributed by atoms with Crippen molar-refractivity contribution >= 4 is 17.7 Å². The number of carbonyl (C=O) groups excluding carboxylic acids is 2. The fourth-order valence-electron chi connectivity index (χ4n) is 2.82. The molecule has 1 aromatic rings. The van der Waals surface area contributed by atoms with Crippen molar-refractivity contribution in [2.24, 2.45) is 11.8 Å². The maximum absolute atomic E-state index is 12.2. The van der Waals surface area contributed by atoms with Crippen LogP contribution in [0.4, 0.5) is 5.82 Å². The molecule has 0 bridgehead atoms. The smallest absolute Gasteiger partial charge is 0.306 e. The van der Waals surface area contributed by atoms with E-state index >= 15 is 0 Å². The molecule has 0 fully saturated rings. The second-order valence-corrected chi connectivity index (χ2v) is 8.09. The molecule has 0 saturated carbocycles. The summed E-state index contributed by atoms with van der Waals surface area (Å²) in [6, 6.07) is 3.82. The summed E-state index contributed by atoms with van der Waals surface area (Å²) in [7, 11) is 0. The maximum Gasteiger partial charge on any atom is 0.306 e. The molecular formula is C21H34N2O3. The minimum Gasteiger partial charge on any atom is -0.460 e. The SMILES string of the molecule is CCC(C(=O)Nc1ccc(CCCCC(=O)OC(C)(C)C)cn1)C(C)C. The van der Waals surface area contributed by atoms with E-state index < -0.39 is 5.60 Å². The Kier molecular flexibility index (Phi) is 8.76. The zero-order valence-electron chi connectivity index (χ0n) is 17.1. The molecule has 146 valence electrons. The van der Waals surface area contributed by atoms with Crippen molar-refractivity contribution in [3.05, 3.63) is 23.9 Å². The summed E-state index contributed by atoms with van der Waals surface area (Å²) in [5, 5.41) is 2.89. The maximum atomic E-state index is 12.2. The molecule has 1 heterocycles. The van der Waals surface area contributed by atoms with Gasteiger partial charge in [0.05, 0.1) is 0 Å². The molecule has 26 heavy (non-hydrogen) atoms. The fraction of sp³-hybridized carbons (Fsp3) is 0.667. The number of amides is 1. The highest BCUT2D eigenvalue weighted by molar-refractivity contribution is 5.91. The van der Waals surface area contributed by atoms with Crippen LogP contribution in [0.15, 0.2) is 18.3 Å². The van der Waals surface area contributed by atoms with E-state index in [0.717, 1.165) is 31.2 Å². The number of carbonyl (C=O) groups is 2. The van der Waals surface area contributed by atoms with E-state index in [-0.39, 0.29) is 17.8 Å². The fourth-order valence-corrected chi connectivity index (χ4v) is 2.82. The molecule has 5 nitrogen and oxygen atoms in total. The van der Waals surface area contributed by atoms with Gasteiger partial charge < -0.3 is 10.1 Å². The van der Waals surface area contributed by atoms with Crippen LogP contribution in [0, 0.1) is 11.8 Å². The number of esters is 1. The highest BCUT2D eigenvalue weighted by Gasteiger charge is 2.20. The number of rotatable bonds is 9. The van der Waals surface area contributed by atoms with Gasteiger partial charge in [-0.1, -0.05) is 26.8 Å².